The number of nitrogens with one attached hydrogen (secondary N) is 1. The predicted octanol–water partition coefficient (Wildman–Crippen LogP) is 3.92. The standard InChI is InChI=1S/C20H30N2O2/c1-15-13-17(16(2)22(15)18-7-4-3-5-8-18)10-11-20(23)21-14-19-9-6-12-24-19/h10-11,13,18-19H,3-9,12,14H2,1-2H3,(H,21,23)/b11-10+. The molecular formula is C20H30N2O2. The molecule has 4 nitrogen and oxygen atoms in total. The van der Waals surface area contributed by atoms with Gasteiger partial charge in [0, 0.05) is 36.7 Å². The van der Waals surface area contributed by atoms with Crippen LogP contribution in [0.3, 0.4) is 0 Å². The van der Waals surface area contributed by atoms with Gasteiger partial charge in [0.2, 0.25) is 5.91 Å². The van der Waals surface area contributed by atoms with Crippen molar-refractivity contribution in [2.24, 2.45) is 0 Å². The summed E-state index contributed by atoms with van der Waals surface area (Å²) in [5.74, 6) is -0.0343. The largest absolute Gasteiger partial charge is 0.376 e. The molecule has 1 aromatic rings. The highest BCUT2D eigenvalue weighted by Crippen LogP contribution is 2.32. The highest BCUT2D eigenvalue weighted by molar-refractivity contribution is 5.91. The minimum Gasteiger partial charge on any atom is -0.376 e. The topological polar surface area (TPSA) is 43.3 Å². The molecule has 4 heteroatoms. The third-order valence-electron chi connectivity index (χ3n) is 5.41. The molecule has 1 unspecified atom stereocenters. The molecule has 0 aromatic carbocycles. The molecule has 0 radical (unpaired) electrons. The van der Waals surface area contributed by atoms with Crippen LogP contribution in [-0.2, 0) is 9.53 Å². The van der Waals surface area contributed by atoms with Crippen molar-refractivity contribution < 1.29 is 9.53 Å². The van der Waals surface area contributed by atoms with E-state index in [1.165, 1.54) is 43.5 Å². The van der Waals surface area contributed by atoms with E-state index in [9.17, 15) is 4.79 Å². The average molecular weight is 330 g/mol. The molecule has 24 heavy (non-hydrogen) atoms. The van der Waals surface area contributed by atoms with Gasteiger partial charge in [-0.05, 0) is 57.2 Å². The Bertz CT molecular complexity index is 591. The molecule has 1 amide bonds. The third kappa shape index (κ3) is 4.10. The molecule has 1 saturated heterocycles. The van der Waals surface area contributed by atoms with Crippen molar-refractivity contribution in [3.05, 3.63) is 29.1 Å². The third-order valence-corrected chi connectivity index (χ3v) is 5.41. The number of carbonyl (C=O) groups excluding carboxylic acids is 1. The SMILES string of the molecule is Cc1cc(/C=C/C(=O)NCC2CCCO2)c(C)n1C1CCCCC1. The monoisotopic (exact) mass is 330 g/mol. The minimum atomic E-state index is -0.0343. The number of aromatic nitrogens is 1. The van der Waals surface area contributed by atoms with Gasteiger partial charge < -0.3 is 14.6 Å². The Hall–Kier alpha value is -1.55. The van der Waals surface area contributed by atoms with Gasteiger partial charge in [-0.25, -0.2) is 0 Å². The van der Waals surface area contributed by atoms with Gasteiger partial charge in [-0.1, -0.05) is 19.3 Å². The second kappa shape index (κ2) is 8.02. The lowest BCUT2D eigenvalue weighted by atomic mass is 9.95. The van der Waals surface area contributed by atoms with Crippen LogP contribution in [0.1, 0.15) is 67.9 Å². The van der Waals surface area contributed by atoms with E-state index in [0.717, 1.165) is 25.0 Å². The van der Waals surface area contributed by atoms with Crippen molar-refractivity contribution in [2.75, 3.05) is 13.2 Å². The zero-order chi connectivity index (χ0) is 16.9. The predicted molar refractivity (Wildman–Crippen MR) is 97.0 cm³/mol. The van der Waals surface area contributed by atoms with Gasteiger partial charge in [0.15, 0.2) is 0 Å². The summed E-state index contributed by atoms with van der Waals surface area (Å²) >= 11 is 0. The number of nitrogens with zero attached hydrogens (tertiary/aromatic N) is 1. The van der Waals surface area contributed by atoms with E-state index in [1.54, 1.807) is 6.08 Å². The summed E-state index contributed by atoms with van der Waals surface area (Å²) in [4.78, 5) is 12.0. The van der Waals surface area contributed by atoms with Crippen molar-refractivity contribution in [1.82, 2.24) is 9.88 Å². The molecule has 2 fully saturated rings. The van der Waals surface area contributed by atoms with Gasteiger partial charge in [0.05, 0.1) is 6.10 Å². The Kier molecular flexibility index (Phi) is 5.77. The van der Waals surface area contributed by atoms with Crippen LogP contribution < -0.4 is 5.32 Å². The number of rotatable bonds is 5. The summed E-state index contributed by atoms with van der Waals surface area (Å²) in [6.45, 7) is 5.79. The fourth-order valence-corrected chi connectivity index (χ4v) is 4.12. The van der Waals surface area contributed by atoms with E-state index in [4.69, 9.17) is 4.74 Å². The van der Waals surface area contributed by atoms with Crippen LogP contribution in [0.2, 0.25) is 0 Å². The second-order valence-corrected chi connectivity index (χ2v) is 7.20. The summed E-state index contributed by atoms with van der Waals surface area (Å²) in [6, 6.07) is 2.84. The summed E-state index contributed by atoms with van der Waals surface area (Å²) < 4.78 is 8.00. The van der Waals surface area contributed by atoms with Crippen LogP contribution in [0, 0.1) is 13.8 Å². The first-order valence-electron chi connectivity index (χ1n) is 9.41. The van der Waals surface area contributed by atoms with Crippen molar-refractivity contribution in [3.63, 3.8) is 0 Å². The van der Waals surface area contributed by atoms with Crippen molar-refractivity contribution in [2.45, 2.75) is 70.9 Å². The number of ether oxygens (including phenoxy) is 1. The maximum absolute atomic E-state index is 12.0. The molecule has 1 N–H and O–H groups in total. The molecule has 1 aromatic heterocycles. The van der Waals surface area contributed by atoms with Gasteiger partial charge in [-0.3, -0.25) is 4.79 Å². The lowest BCUT2D eigenvalue weighted by Crippen LogP contribution is -2.30. The van der Waals surface area contributed by atoms with Gasteiger partial charge in [0.1, 0.15) is 0 Å². The summed E-state index contributed by atoms with van der Waals surface area (Å²) in [5.41, 5.74) is 3.74. The fraction of sp³-hybridized carbons (Fsp3) is 0.650. The molecule has 2 aliphatic rings. The van der Waals surface area contributed by atoms with Gasteiger partial charge >= 0.3 is 0 Å². The van der Waals surface area contributed by atoms with Gasteiger partial charge in [-0.15, -0.1) is 0 Å². The van der Waals surface area contributed by atoms with Crippen LogP contribution in [0.4, 0.5) is 0 Å². The Balaban J connectivity index is 1.60. The lowest BCUT2D eigenvalue weighted by molar-refractivity contribution is -0.116. The molecule has 132 valence electrons. The highest BCUT2D eigenvalue weighted by Gasteiger charge is 2.19. The average Bonchev–Trinajstić information content (AvgIpc) is 3.20. The van der Waals surface area contributed by atoms with Crippen LogP contribution in [0.15, 0.2) is 12.1 Å². The first-order chi connectivity index (χ1) is 11.6. The van der Waals surface area contributed by atoms with E-state index in [1.807, 2.05) is 6.08 Å². The normalized spacial score (nSPS) is 22.3. The van der Waals surface area contributed by atoms with Crippen LogP contribution in [0.5, 0.6) is 0 Å². The Labute approximate surface area is 145 Å². The number of amides is 1. The minimum absolute atomic E-state index is 0.0343. The van der Waals surface area contributed by atoms with Gasteiger partial charge in [-0.2, -0.15) is 0 Å². The number of carbonyl (C=O) groups is 1. The molecule has 1 aliphatic heterocycles. The van der Waals surface area contributed by atoms with E-state index < -0.39 is 0 Å². The Morgan fingerprint density at radius 3 is 2.75 bits per heavy atom. The first-order valence-corrected chi connectivity index (χ1v) is 9.41. The number of hydrogen-bond acceptors (Lipinski definition) is 2. The zero-order valence-electron chi connectivity index (χ0n) is 15.0. The summed E-state index contributed by atoms with van der Waals surface area (Å²) in [7, 11) is 0. The molecule has 1 aliphatic carbocycles. The van der Waals surface area contributed by atoms with Crippen LogP contribution in [0.25, 0.3) is 6.08 Å². The smallest absolute Gasteiger partial charge is 0.244 e. The van der Waals surface area contributed by atoms with E-state index >= 15 is 0 Å². The van der Waals surface area contributed by atoms with E-state index in [0.29, 0.717) is 12.6 Å². The maximum Gasteiger partial charge on any atom is 0.244 e. The number of hydrogen-bond donors (Lipinski definition) is 1. The van der Waals surface area contributed by atoms with Crippen molar-refractivity contribution in [3.8, 4) is 0 Å². The maximum atomic E-state index is 12.0. The molecular weight excluding hydrogens is 300 g/mol. The molecule has 0 bridgehead atoms. The van der Waals surface area contributed by atoms with Gasteiger partial charge in [0.25, 0.3) is 0 Å². The van der Waals surface area contributed by atoms with E-state index in [-0.39, 0.29) is 12.0 Å². The molecule has 1 atom stereocenters. The van der Waals surface area contributed by atoms with Crippen LogP contribution in [-0.4, -0.2) is 29.7 Å². The molecule has 1 saturated carbocycles. The first kappa shape index (κ1) is 17.3. The van der Waals surface area contributed by atoms with E-state index in [2.05, 4.69) is 29.8 Å². The molecule has 3 rings (SSSR count). The van der Waals surface area contributed by atoms with Crippen LogP contribution >= 0.6 is 0 Å². The van der Waals surface area contributed by atoms with Crippen molar-refractivity contribution >= 4 is 12.0 Å². The lowest BCUT2D eigenvalue weighted by Gasteiger charge is -2.26. The fourth-order valence-electron chi connectivity index (χ4n) is 4.12. The summed E-state index contributed by atoms with van der Waals surface area (Å²) in [6.07, 6.45) is 12.5. The molecule has 2 heterocycles. The Morgan fingerprint density at radius 1 is 1.25 bits per heavy atom. The molecule has 0 spiro atoms. The zero-order valence-corrected chi connectivity index (χ0v) is 15.0. The number of aryl methyl sites for hydroxylation is 1. The summed E-state index contributed by atoms with van der Waals surface area (Å²) in [5, 5.41) is 2.94. The van der Waals surface area contributed by atoms with Crippen molar-refractivity contribution in [1.29, 1.82) is 0 Å². The second-order valence-electron chi connectivity index (χ2n) is 7.20. The highest BCUT2D eigenvalue weighted by atomic mass is 16.5. The quantitative estimate of drug-likeness (QED) is 0.832. The Morgan fingerprint density at radius 2 is 2.04 bits per heavy atom.